The first-order chi connectivity index (χ1) is 15.8. The number of halogens is 3. The number of nitrogens with one attached hydrogen (secondary N) is 1. The largest absolute Gasteiger partial charge is 0.416 e. The second-order valence-electron chi connectivity index (χ2n) is 8.46. The van der Waals surface area contributed by atoms with Crippen LogP contribution in [-0.4, -0.2) is 80.2 Å². The van der Waals surface area contributed by atoms with E-state index in [0.29, 0.717) is 38.4 Å². The number of aromatic nitrogens is 1. The van der Waals surface area contributed by atoms with Gasteiger partial charge in [-0.05, 0) is 31.3 Å². The van der Waals surface area contributed by atoms with Crippen LogP contribution in [0.25, 0.3) is 0 Å². The summed E-state index contributed by atoms with van der Waals surface area (Å²) in [6.45, 7) is 5.96. The molecule has 0 radical (unpaired) electrons. The lowest BCUT2D eigenvalue weighted by molar-refractivity contribution is -0.137. The van der Waals surface area contributed by atoms with E-state index in [1.165, 1.54) is 6.07 Å². The molecule has 1 aromatic carbocycles. The van der Waals surface area contributed by atoms with Crippen LogP contribution in [-0.2, 0) is 12.7 Å². The number of amides is 2. The van der Waals surface area contributed by atoms with Crippen molar-refractivity contribution < 1.29 is 18.0 Å². The molecule has 0 aliphatic carbocycles. The Bertz CT molecular complexity index is 953. The monoisotopic (exact) mass is 462 g/mol. The number of hydrogen-bond donors (Lipinski definition) is 1. The van der Waals surface area contributed by atoms with Crippen molar-refractivity contribution in [3.8, 4) is 0 Å². The highest BCUT2D eigenvalue weighted by molar-refractivity contribution is 5.74. The van der Waals surface area contributed by atoms with Gasteiger partial charge in [-0.1, -0.05) is 12.1 Å². The summed E-state index contributed by atoms with van der Waals surface area (Å²) >= 11 is 0. The molecule has 4 rings (SSSR count). The molecule has 1 aromatic heterocycles. The Kier molecular flexibility index (Phi) is 6.92. The van der Waals surface area contributed by atoms with Gasteiger partial charge in [0.2, 0.25) is 0 Å². The molecular formula is C23H29F3N6O. The van der Waals surface area contributed by atoms with Crippen LogP contribution in [0.5, 0.6) is 0 Å². The smallest absolute Gasteiger partial charge is 0.368 e. The molecule has 33 heavy (non-hydrogen) atoms. The van der Waals surface area contributed by atoms with Gasteiger partial charge in [0.05, 0.1) is 5.56 Å². The van der Waals surface area contributed by atoms with Crippen molar-refractivity contribution in [3.63, 3.8) is 0 Å². The Hall–Kier alpha value is -3.01. The Balaban J connectivity index is 1.31. The van der Waals surface area contributed by atoms with Gasteiger partial charge in [-0.2, -0.15) is 13.2 Å². The van der Waals surface area contributed by atoms with E-state index < -0.39 is 11.7 Å². The first-order valence-corrected chi connectivity index (χ1v) is 11.1. The fourth-order valence-corrected chi connectivity index (χ4v) is 4.20. The van der Waals surface area contributed by atoms with Crippen LogP contribution in [0, 0.1) is 0 Å². The molecule has 0 atom stereocenters. The predicted molar refractivity (Wildman–Crippen MR) is 121 cm³/mol. The summed E-state index contributed by atoms with van der Waals surface area (Å²) < 4.78 is 39.0. The van der Waals surface area contributed by atoms with E-state index in [9.17, 15) is 18.0 Å². The summed E-state index contributed by atoms with van der Waals surface area (Å²) in [6, 6.07) is 9.00. The van der Waals surface area contributed by atoms with Gasteiger partial charge in [0.25, 0.3) is 0 Å². The molecule has 0 saturated carbocycles. The lowest BCUT2D eigenvalue weighted by Gasteiger charge is -2.36. The van der Waals surface area contributed by atoms with E-state index in [0.717, 1.165) is 49.7 Å². The normalized spacial score (nSPS) is 17.9. The predicted octanol–water partition coefficient (Wildman–Crippen LogP) is 2.88. The third kappa shape index (κ3) is 5.68. The number of pyridine rings is 1. The number of rotatable bonds is 4. The average Bonchev–Trinajstić information content (AvgIpc) is 2.83. The number of alkyl halides is 3. The molecular weight excluding hydrogens is 433 g/mol. The second kappa shape index (κ2) is 9.86. The molecule has 2 saturated heterocycles. The average molecular weight is 463 g/mol. The van der Waals surface area contributed by atoms with Crippen molar-refractivity contribution in [2.24, 2.45) is 0 Å². The zero-order chi connectivity index (χ0) is 23.4. The first-order valence-electron chi connectivity index (χ1n) is 11.1. The molecule has 7 nitrogen and oxygen atoms in total. The molecule has 178 valence electrons. The van der Waals surface area contributed by atoms with Crippen LogP contribution in [0.1, 0.15) is 11.1 Å². The summed E-state index contributed by atoms with van der Waals surface area (Å²) in [5.41, 5.74) is 0.836. The molecule has 10 heteroatoms. The van der Waals surface area contributed by atoms with Crippen molar-refractivity contribution in [2.45, 2.75) is 12.7 Å². The molecule has 2 fully saturated rings. The number of hydrogen-bond acceptors (Lipinski definition) is 5. The zero-order valence-corrected chi connectivity index (χ0v) is 18.7. The van der Waals surface area contributed by atoms with E-state index in [2.05, 4.69) is 27.1 Å². The molecule has 2 aliphatic heterocycles. The Morgan fingerprint density at radius 3 is 2.36 bits per heavy atom. The minimum absolute atomic E-state index is 0.174. The van der Waals surface area contributed by atoms with Gasteiger partial charge in [-0.3, -0.25) is 0 Å². The molecule has 0 unspecified atom stereocenters. The lowest BCUT2D eigenvalue weighted by Crippen LogP contribution is -2.51. The molecule has 2 aromatic rings. The van der Waals surface area contributed by atoms with E-state index >= 15 is 0 Å². The number of piperazine rings is 2. The van der Waals surface area contributed by atoms with Crippen molar-refractivity contribution in [3.05, 3.63) is 53.7 Å². The number of urea groups is 1. The summed E-state index contributed by atoms with van der Waals surface area (Å²) in [5, 5.41) is 2.98. The topological polar surface area (TPSA) is 55.0 Å². The van der Waals surface area contributed by atoms with Crippen molar-refractivity contribution in [1.29, 1.82) is 0 Å². The third-order valence-corrected chi connectivity index (χ3v) is 6.21. The van der Waals surface area contributed by atoms with Crippen LogP contribution >= 0.6 is 0 Å². The van der Waals surface area contributed by atoms with Crippen LogP contribution in [0.2, 0.25) is 0 Å². The summed E-state index contributed by atoms with van der Waals surface area (Å²) in [4.78, 5) is 25.4. The maximum absolute atomic E-state index is 13.0. The van der Waals surface area contributed by atoms with Crippen LogP contribution in [0.4, 0.5) is 29.5 Å². The van der Waals surface area contributed by atoms with Crippen LogP contribution < -0.4 is 15.1 Å². The van der Waals surface area contributed by atoms with Crippen molar-refractivity contribution in [2.75, 3.05) is 69.2 Å². The van der Waals surface area contributed by atoms with Crippen LogP contribution in [0.3, 0.4) is 0 Å². The minimum atomic E-state index is -4.37. The van der Waals surface area contributed by atoms with Gasteiger partial charge < -0.3 is 24.9 Å². The van der Waals surface area contributed by atoms with Gasteiger partial charge in [-0.25, -0.2) is 9.78 Å². The highest BCUT2D eigenvalue weighted by Gasteiger charge is 2.31. The number of nitrogens with zero attached hydrogens (tertiary/aromatic N) is 5. The number of carbonyl (C=O) groups excluding carboxylic acids is 1. The molecule has 2 amide bonds. The summed E-state index contributed by atoms with van der Waals surface area (Å²) in [5.74, 6) is 0.903. The Labute approximate surface area is 191 Å². The van der Waals surface area contributed by atoms with E-state index in [1.54, 1.807) is 17.2 Å². The lowest BCUT2D eigenvalue weighted by atomic mass is 10.1. The van der Waals surface area contributed by atoms with Crippen molar-refractivity contribution >= 4 is 17.5 Å². The molecule has 3 heterocycles. The van der Waals surface area contributed by atoms with Gasteiger partial charge in [0.1, 0.15) is 5.82 Å². The van der Waals surface area contributed by atoms with Crippen LogP contribution in [0.15, 0.2) is 42.6 Å². The third-order valence-electron chi connectivity index (χ3n) is 6.21. The Morgan fingerprint density at radius 1 is 0.970 bits per heavy atom. The summed E-state index contributed by atoms with van der Waals surface area (Å²) in [7, 11) is 2.10. The fraction of sp³-hybridized carbons (Fsp3) is 0.478. The standard InChI is InChI=1S/C23H29F3N6O/c1-29-8-10-31(11-9-29)21-18(4-3-7-27-21)17-28-22(33)32-14-12-30(13-15-32)20-6-2-5-19(16-20)23(24,25)26/h2-7,16H,8-15,17H2,1H3,(H,28,33). The minimum Gasteiger partial charge on any atom is -0.368 e. The van der Waals surface area contributed by atoms with Gasteiger partial charge in [0.15, 0.2) is 0 Å². The quantitative estimate of drug-likeness (QED) is 0.758. The van der Waals surface area contributed by atoms with Gasteiger partial charge in [0, 0.05) is 76.4 Å². The fourth-order valence-electron chi connectivity index (χ4n) is 4.20. The second-order valence-corrected chi connectivity index (χ2v) is 8.46. The highest BCUT2D eigenvalue weighted by Crippen LogP contribution is 2.32. The zero-order valence-electron chi connectivity index (χ0n) is 18.7. The SMILES string of the molecule is CN1CCN(c2ncccc2CNC(=O)N2CCN(c3cccc(C(F)(F)F)c3)CC2)CC1. The van der Waals surface area contributed by atoms with E-state index in [4.69, 9.17) is 0 Å². The molecule has 1 N–H and O–H groups in total. The highest BCUT2D eigenvalue weighted by atomic mass is 19.4. The molecule has 0 bridgehead atoms. The number of carbonyl (C=O) groups is 1. The maximum Gasteiger partial charge on any atom is 0.416 e. The van der Waals surface area contributed by atoms with Gasteiger partial charge >= 0.3 is 12.2 Å². The maximum atomic E-state index is 13.0. The van der Waals surface area contributed by atoms with Crippen molar-refractivity contribution in [1.82, 2.24) is 20.1 Å². The first kappa shape index (κ1) is 23.2. The molecule has 2 aliphatic rings. The molecule has 0 spiro atoms. The van der Waals surface area contributed by atoms with E-state index in [-0.39, 0.29) is 6.03 Å². The number of likely N-dealkylation sites (N-methyl/N-ethyl adjacent to an activating group) is 1. The number of benzene rings is 1. The number of anilines is 2. The van der Waals surface area contributed by atoms with E-state index in [1.807, 2.05) is 17.0 Å². The summed E-state index contributed by atoms with van der Waals surface area (Å²) in [6.07, 6.45) is -2.60. The Morgan fingerprint density at radius 2 is 1.67 bits per heavy atom. The van der Waals surface area contributed by atoms with Gasteiger partial charge in [-0.15, -0.1) is 0 Å².